The summed E-state index contributed by atoms with van der Waals surface area (Å²) in [4.78, 5) is 14.4. The molecule has 1 aromatic heterocycles. The number of aliphatic hydroxyl groups is 1. The van der Waals surface area contributed by atoms with Gasteiger partial charge in [-0.15, -0.1) is 0 Å². The number of amides is 1. The Morgan fingerprint density at radius 1 is 1.30 bits per heavy atom. The van der Waals surface area contributed by atoms with Gasteiger partial charge in [0.2, 0.25) is 5.91 Å². The number of rotatable bonds is 2. The number of likely N-dealkylation sites (tertiary alicyclic amines) is 1. The maximum absolute atomic E-state index is 12.5. The molecular weight excluding hydrogens is 296 g/mol. The summed E-state index contributed by atoms with van der Waals surface area (Å²) in [6.07, 6.45) is 3.26. The quantitative estimate of drug-likeness (QED) is 0.898. The summed E-state index contributed by atoms with van der Waals surface area (Å²) < 4.78 is 11.1. The predicted octanol–water partition coefficient (Wildman–Crippen LogP) is 1.76. The molecule has 0 aliphatic carbocycles. The van der Waals surface area contributed by atoms with Crippen LogP contribution in [0.1, 0.15) is 49.6 Å². The van der Waals surface area contributed by atoms with Crippen LogP contribution in [0.15, 0.2) is 4.52 Å². The molecule has 128 valence electrons. The second-order valence-corrected chi connectivity index (χ2v) is 7.32. The number of carbonyl (C=O) groups is 1. The number of carbonyl (C=O) groups excluding carboxylic acids is 1. The van der Waals surface area contributed by atoms with Gasteiger partial charge in [0.15, 0.2) is 0 Å². The van der Waals surface area contributed by atoms with E-state index in [0.29, 0.717) is 39.0 Å². The number of hydrogen-bond donors (Lipinski definition) is 1. The molecule has 2 aliphatic rings. The van der Waals surface area contributed by atoms with Crippen LogP contribution in [0.2, 0.25) is 0 Å². The molecule has 1 aromatic rings. The van der Waals surface area contributed by atoms with Gasteiger partial charge >= 0.3 is 0 Å². The Kier molecular flexibility index (Phi) is 4.23. The molecule has 0 bridgehead atoms. The van der Waals surface area contributed by atoms with Crippen LogP contribution in [0.5, 0.6) is 0 Å². The van der Waals surface area contributed by atoms with Crippen LogP contribution in [-0.4, -0.2) is 52.0 Å². The van der Waals surface area contributed by atoms with Crippen molar-refractivity contribution >= 4 is 5.91 Å². The van der Waals surface area contributed by atoms with Crippen LogP contribution in [0.25, 0.3) is 0 Å². The van der Waals surface area contributed by atoms with Crippen LogP contribution >= 0.6 is 0 Å². The normalized spacial score (nSPS) is 27.4. The minimum absolute atomic E-state index is 0.108. The van der Waals surface area contributed by atoms with E-state index in [1.165, 1.54) is 0 Å². The molecule has 0 radical (unpaired) electrons. The van der Waals surface area contributed by atoms with E-state index >= 15 is 0 Å². The Morgan fingerprint density at radius 3 is 2.57 bits per heavy atom. The van der Waals surface area contributed by atoms with Crippen molar-refractivity contribution < 1.29 is 19.2 Å². The van der Waals surface area contributed by atoms with Crippen LogP contribution in [0.3, 0.4) is 0 Å². The highest BCUT2D eigenvalue weighted by Gasteiger charge is 2.44. The molecule has 0 saturated carbocycles. The van der Waals surface area contributed by atoms with Crippen molar-refractivity contribution in [3.05, 3.63) is 17.0 Å². The molecule has 2 aliphatic heterocycles. The van der Waals surface area contributed by atoms with Crippen molar-refractivity contribution in [1.82, 2.24) is 10.1 Å². The molecule has 1 atom stereocenters. The molecule has 3 rings (SSSR count). The van der Waals surface area contributed by atoms with Gasteiger partial charge in [-0.2, -0.15) is 0 Å². The first-order valence-electron chi connectivity index (χ1n) is 8.36. The van der Waals surface area contributed by atoms with Crippen molar-refractivity contribution in [3.8, 4) is 0 Å². The summed E-state index contributed by atoms with van der Waals surface area (Å²) in [7, 11) is 0. The lowest BCUT2D eigenvalue weighted by Crippen LogP contribution is -2.54. The number of nitrogens with zero attached hydrogens (tertiary/aromatic N) is 2. The minimum atomic E-state index is -0.652. The van der Waals surface area contributed by atoms with Gasteiger partial charge in [0.25, 0.3) is 0 Å². The SMILES string of the molecule is Cc1noc(C)c1CC(=O)N1CCC2(CC1)CC(C)(O)CCO2. The van der Waals surface area contributed by atoms with E-state index in [9.17, 15) is 9.90 Å². The first kappa shape index (κ1) is 16.5. The lowest BCUT2D eigenvalue weighted by atomic mass is 9.78. The number of aromatic nitrogens is 1. The number of aryl methyl sites for hydroxylation is 2. The molecule has 1 spiro atoms. The summed E-state index contributed by atoms with van der Waals surface area (Å²) in [5, 5.41) is 14.2. The van der Waals surface area contributed by atoms with E-state index in [2.05, 4.69) is 5.16 Å². The van der Waals surface area contributed by atoms with E-state index in [-0.39, 0.29) is 11.5 Å². The fourth-order valence-corrected chi connectivity index (χ4v) is 3.82. The van der Waals surface area contributed by atoms with Gasteiger partial charge in [-0.05, 0) is 40.0 Å². The Bertz CT molecular complexity index is 566. The maximum atomic E-state index is 12.5. The first-order valence-corrected chi connectivity index (χ1v) is 8.36. The molecule has 6 nitrogen and oxygen atoms in total. The summed E-state index contributed by atoms with van der Waals surface area (Å²) >= 11 is 0. The molecular formula is C17H26N2O4. The highest BCUT2D eigenvalue weighted by molar-refractivity contribution is 5.79. The standard InChI is InChI=1S/C17H26N2O4/c1-12-14(13(2)23-18-12)10-15(20)19-7-4-17(5-8-19)11-16(3,21)6-9-22-17/h21H,4-11H2,1-3H3. The number of ether oxygens (including phenoxy) is 1. The highest BCUT2D eigenvalue weighted by atomic mass is 16.5. The molecule has 6 heteroatoms. The Labute approximate surface area is 136 Å². The van der Waals surface area contributed by atoms with E-state index in [0.717, 1.165) is 29.9 Å². The van der Waals surface area contributed by atoms with Gasteiger partial charge in [-0.25, -0.2) is 0 Å². The largest absolute Gasteiger partial charge is 0.390 e. The van der Waals surface area contributed by atoms with E-state index in [1.807, 2.05) is 25.7 Å². The second-order valence-electron chi connectivity index (χ2n) is 7.32. The van der Waals surface area contributed by atoms with E-state index in [1.54, 1.807) is 0 Å². The van der Waals surface area contributed by atoms with Crippen molar-refractivity contribution in [2.45, 2.75) is 64.1 Å². The van der Waals surface area contributed by atoms with Crippen LogP contribution < -0.4 is 0 Å². The fraction of sp³-hybridized carbons (Fsp3) is 0.765. The van der Waals surface area contributed by atoms with E-state index in [4.69, 9.17) is 9.26 Å². The van der Waals surface area contributed by atoms with Crippen molar-refractivity contribution in [3.63, 3.8) is 0 Å². The highest BCUT2D eigenvalue weighted by Crippen LogP contribution is 2.39. The van der Waals surface area contributed by atoms with Gasteiger partial charge in [0.05, 0.1) is 29.9 Å². The Balaban J connectivity index is 1.59. The maximum Gasteiger partial charge on any atom is 0.227 e. The molecule has 0 aromatic carbocycles. The second kappa shape index (κ2) is 5.91. The lowest BCUT2D eigenvalue weighted by Gasteiger charge is -2.48. The summed E-state index contributed by atoms with van der Waals surface area (Å²) in [6.45, 7) is 7.54. The third-order valence-corrected chi connectivity index (χ3v) is 5.29. The zero-order valence-corrected chi connectivity index (χ0v) is 14.2. The number of piperidine rings is 1. The summed E-state index contributed by atoms with van der Waals surface area (Å²) in [5.41, 5.74) is 0.769. The smallest absolute Gasteiger partial charge is 0.227 e. The minimum Gasteiger partial charge on any atom is -0.390 e. The van der Waals surface area contributed by atoms with Gasteiger partial charge in [-0.3, -0.25) is 4.79 Å². The predicted molar refractivity (Wildman–Crippen MR) is 84.0 cm³/mol. The van der Waals surface area contributed by atoms with Crippen molar-refractivity contribution in [2.75, 3.05) is 19.7 Å². The third-order valence-electron chi connectivity index (χ3n) is 5.29. The van der Waals surface area contributed by atoms with Gasteiger partial charge in [0, 0.05) is 25.1 Å². The van der Waals surface area contributed by atoms with Crippen LogP contribution in [-0.2, 0) is 16.0 Å². The van der Waals surface area contributed by atoms with Gasteiger partial charge in [-0.1, -0.05) is 5.16 Å². The fourth-order valence-electron chi connectivity index (χ4n) is 3.82. The molecule has 2 fully saturated rings. The Morgan fingerprint density at radius 2 is 2.00 bits per heavy atom. The molecule has 2 saturated heterocycles. The zero-order valence-electron chi connectivity index (χ0n) is 14.2. The van der Waals surface area contributed by atoms with Gasteiger partial charge in [0.1, 0.15) is 5.76 Å². The molecule has 1 unspecified atom stereocenters. The molecule has 1 N–H and O–H groups in total. The third kappa shape index (κ3) is 3.43. The Hall–Kier alpha value is -1.40. The first-order chi connectivity index (χ1) is 10.8. The zero-order chi connectivity index (χ0) is 16.7. The number of hydrogen-bond acceptors (Lipinski definition) is 5. The van der Waals surface area contributed by atoms with Gasteiger partial charge < -0.3 is 19.3 Å². The average Bonchev–Trinajstić information content (AvgIpc) is 2.78. The van der Waals surface area contributed by atoms with E-state index < -0.39 is 5.60 Å². The average molecular weight is 322 g/mol. The molecule has 3 heterocycles. The monoisotopic (exact) mass is 322 g/mol. The van der Waals surface area contributed by atoms with Crippen LogP contribution in [0, 0.1) is 13.8 Å². The topological polar surface area (TPSA) is 75.8 Å². The molecule has 23 heavy (non-hydrogen) atoms. The summed E-state index contributed by atoms with van der Waals surface area (Å²) in [6, 6.07) is 0. The van der Waals surface area contributed by atoms with Crippen molar-refractivity contribution in [2.24, 2.45) is 0 Å². The summed E-state index contributed by atoms with van der Waals surface area (Å²) in [5.74, 6) is 0.827. The molecule has 1 amide bonds. The lowest BCUT2D eigenvalue weighted by molar-refractivity contribution is -0.175. The van der Waals surface area contributed by atoms with Crippen molar-refractivity contribution in [1.29, 1.82) is 0 Å². The van der Waals surface area contributed by atoms with Crippen LogP contribution in [0.4, 0.5) is 0 Å².